The summed E-state index contributed by atoms with van der Waals surface area (Å²) in [5.74, 6) is 0.822. The number of rotatable bonds is 2. The molecular formula is C29H19N3O. The number of nitrogens with zero attached hydrogens (tertiary/aromatic N) is 3. The number of furan rings is 1. The predicted molar refractivity (Wildman–Crippen MR) is 134 cm³/mol. The van der Waals surface area contributed by atoms with E-state index in [1.165, 1.54) is 5.56 Å². The first kappa shape index (κ1) is 18.2. The minimum atomic E-state index is 0.822. The fourth-order valence-corrected chi connectivity index (χ4v) is 4.78. The molecule has 0 radical (unpaired) electrons. The highest BCUT2D eigenvalue weighted by molar-refractivity contribution is 6.11. The maximum atomic E-state index is 6.41. The van der Waals surface area contributed by atoms with E-state index in [0.717, 1.165) is 61.1 Å². The summed E-state index contributed by atoms with van der Waals surface area (Å²) in [7, 11) is 0. The first-order valence-electron chi connectivity index (χ1n) is 11.0. The summed E-state index contributed by atoms with van der Waals surface area (Å²) in [5.41, 5.74) is 7.54. The summed E-state index contributed by atoms with van der Waals surface area (Å²) in [6.07, 6.45) is 0. The molecule has 0 aliphatic heterocycles. The number of pyridine rings is 1. The minimum Gasteiger partial charge on any atom is -0.455 e. The van der Waals surface area contributed by atoms with Gasteiger partial charge in [0.1, 0.15) is 16.7 Å². The van der Waals surface area contributed by atoms with Crippen molar-refractivity contribution in [3.05, 3.63) is 103 Å². The molecule has 7 rings (SSSR count). The molecule has 4 heteroatoms. The number of hydrogen-bond donors (Lipinski definition) is 0. The van der Waals surface area contributed by atoms with Crippen LogP contribution in [0.25, 0.3) is 61.1 Å². The van der Waals surface area contributed by atoms with Crippen LogP contribution < -0.4 is 0 Å². The van der Waals surface area contributed by atoms with Crippen LogP contribution in [-0.4, -0.2) is 14.5 Å². The summed E-state index contributed by atoms with van der Waals surface area (Å²) < 4.78 is 8.55. The lowest BCUT2D eigenvalue weighted by Gasteiger charge is -2.10. The molecule has 156 valence electrons. The van der Waals surface area contributed by atoms with Gasteiger partial charge in [-0.05, 0) is 48.9 Å². The van der Waals surface area contributed by atoms with Crippen LogP contribution in [0, 0.1) is 6.92 Å². The fraction of sp³-hybridized carbons (Fsp3) is 0.0345. The van der Waals surface area contributed by atoms with Crippen LogP contribution in [0.2, 0.25) is 0 Å². The van der Waals surface area contributed by atoms with Crippen LogP contribution >= 0.6 is 0 Å². The van der Waals surface area contributed by atoms with E-state index >= 15 is 0 Å². The van der Waals surface area contributed by atoms with Gasteiger partial charge in [0.15, 0.2) is 11.5 Å². The molecule has 3 heterocycles. The molecule has 0 atom stereocenters. The molecule has 0 amide bonds. The average Bonchev–Trinajstić information content (AvgIpc) is 3.42. The highest BCUT2D eigenvalue weighted by Crippen LogP contribution is 2.39. The van der Waals surface area contributed by atoms with Crippen molar-refractivity contribution in [2.75, 3.05) is 0 Å². The lowest BCUT2D eigenvalue weighted by molar-refractivity contribution is 0.669. The van der Waals surface area contributed by atoms with Crippen LogP contribution in [0.5, 0.6) is 0 Å². The van der Waals surface area contributed by atoms with Gasteiger partial charge in [-0.1, -0.05) is 60.7 Å². The van der Waals surface area contributed by atoms with Gasteiger partial charge in [-0.15, -0.1) is 0 Å². The van der Waals surface area contributed by atoms with Crippen LogP contribution in [0.1, 0.15) is 5.56 Å². The first-order chi connectivity index (χ1) is 16.3. The molecule has 0 unspecified atom stereocenters. The second-order valence-corrected chi connectivity index (χ2v) is 8.36. The Morgan fingerprint density at radius 3 is 2.42 bits per heavy atom. The smallest absolute Gasteiger partial charge is 0.165 e. The lowest BCUT2D eigenvalue weighted by Crippen LogP contribution is -1.99. The summed E-state index contributed by atoms with van der Waals surface area (Å²) in [4.78, 5) is 10.1. The van der Waals surface area contributed by atoms with Crippen LogP contribution in [0.15, 0.2) is 101 Å². The normalized spacial score (nSPS) is 11.8. The zero-order chi connectivity index (χ0) is 21.9. The van der Waals surface area contributed by atoms with Crippen molar-refractivity contribution in [3.8, 4) is 17.1 Å². The molecule has 0 aliphatic rings. The maximum Gasteiger partial charge on any atom is 0.165 e. The van der Waals surface area contributed by atoms with E-state index in [4.69, 9.17) is 14.4 Å². The van der Waals surface area contributed by atoms with Crippen LogP contribution in [0.4, 0.5) is 0 Å². The molecule has 4 nitrogen and oxygen atoms in total. The summed E-state index contributed by atoms with van der Waals surface area (Å²) in [6.45, 7) is 2.13. The van der Waals surface area contributed by atoms with Gasteiger partial charge in [0, 0.05) is 21.8 Å². The van der Waals surface area contributed by atoms with Gasteiger partial charge in [-0.2, -0.15) is 0 Å². The standard InChI is InChI=1S/C29H19N3O/c1-18-15-16-22(27-26(18)21-12-6-8-14-25(21)33-27)28-31-24-17-19-9-5-7-13-23(19)30-29(24)32(28)20-10-3-2-4-11-20/h2-17H,1H3. The van der Waals surface area contributed by atoms with Gasteiger partial charge in [0.2, 0.25) is 0 Å². The topological polar surface area (TPSA) is 43.9 Å². The Bertz CT molecular complexity index is 1830. The average molecular weight is 425 g/mol. The van der Waals surface area contributed by atoms with Crippen molar-refractivity contribution in [1.82, 2.24) is 14.5 Å². The zero-order valence-electron chi connectivity index (χ0n) is 18.0. The van der Waals surface area contributed by atoms with Crippen molar-refractivity contribution < 1.29 is 4.42 Å². The van der Waals surface area contributed by atoms with Gasteiger partial charge in [-0.3, -0.25) is 4.57 Å². The Morgan fingerprint density at radius 1 is 0.727 bits per heavy atom. The van der Waals surface area contributed by atoms with Crippen molar-refractivity contribution in [1.29, 1.82) is 0 Å². The number of aromatic nitrogens is 3. The minimum absolute atomic E-state index is 0.822. The molecule has 0 saturated carbocycles. The first-order valence-corrected chi connectivity index (χ1v) is 11.0. The number of fused-ring (bicyclic) bond motifs is 5. The Labute approximate surface area is 189 Å². The van der Waals surface area contributed by atoms with E-state index in [2.05, 4.69) is 60.0 Å². The highest BCUT2D eigenvalue weighted by Gasteiger charge is 2.21. The van der Waals surface area contributed by atoms with Crippen LogP contribution in [-0.2, 0) is 0 Å². The largest absolute Gasteiger partial charge is 0.455 e. The van der Waals surface area contributed by atoms with Crippen molar-refractivity contribution in [2.45, 2.75) is 6.92 Å². The summed E-state index contributed by atoms with van der Waals surface area (Å²) in [5, 5.41) is 3.33. The van der Waals surface area contributed by atoms with E-state index in [1.54, 1.807) is 0 Å². The third-order valence-electron chi connectivity index (χ3n) is 6.32. The molecular weight excluding hydrogens is 406 g/mol. The number of imidazole rings is 1. The van der Waals surface area contributed by atoms with Crippen LogP contribution in [0.3, 0.4) is 0 Å². The molecule has 7 aromatic rings. The number of para-hydroxylation sites is 3. The van der Waals surface area contributed by atoms with Gasteiger partial charge >= 0.3 is 0 Å². The Balaban J connectivity index is 1.64. The number of aryl methyl sites for hydroxylation is 1. The zero-order valence-corrected chi connectivity index (χ0v) is 18.0. The maximum absolute atomic E-state index is 6.41. The van der Waals surface area contributed by atoms with E-state index < -0.39 is 0 Å². The Hall–Kier alpha value is -4.44. The van der Waals surface area contributed by atoms with Crippen molar-refractivity contribution in [3.63, 3.8) is 0 Å². The molecule has 3 aromatic heterocycles. The second-order valence-electron chi connectivity index (χ2n) is 8.36. The molecule has 0 bridgehead atoms. The molecule has 33 heavy (non-hydrogen) atoms. The molecule has 0 aliphatic carbocycles. The lowest BCUT2D eigenvalue weighted by atomic mass is 10.0. The summed E-state index contributed by atoms with van der Waals surface area (Å²) in [6, 6.07) is 33.0. The molecule has 0 fully saturated rings. The SMILES string of the molecule is Cc1ccc(-c2nc3cc4ccccc4nc3n2-c2ccccc2)c2oc3ccccc3c12. The molecule has 0 saturated heterocycles. The van der Waals surface area contributed by atoms with E-state index in [9.17, 15) is 0 Å². The molecule has 0 spiro atoms. The predicted octanol–water partition coefficient (Wildman–Crippen LogP) is 7.45. The Morgan fingerprint density at radius 2 is 1.52 bits per heavy atom. The van der Waals surface area contributed by atoms with Crippen molar-refractivity contribution in [2.24, 2.45) is 0 Å². The molecule has 4 aromatic carbocycles. The van der Waals surface area contributed by atoms with Gasteiger partial charge in [0.05, 0.1) is 11.1 Å². The van der Waals surface area contributed by atoms with Gasteiger partial charge in [-0.25, -0.2) is 9.97 Å². The fourth-order valence-electron chi connectivity index (χ4n) is 4.78. The van der Waals surface area contributed by atoms with E-state index in [-0.39, 0.29) is 0 Å². The van der Waals surface area contributed by atoms with E-state index in [1.807, 2.05) is 48.5 Å². The number of benzene rings is 4. The van der Waals surface area contributed by atoms with Crippen molar-refractivity contribution >= 4 is 44.0 Å². The van der Waals surface area contributed by atoms with Gasteiger partial charge < -0.3 is 4.42 Å². The van der Waals surface area contributed by atoms with Gasteiger partial charge in [0.25, 0.3) is 0 Å². The quantitative estimate of drug-likeness (QED) is 0.289. The number of hydrogen-bond acceptors (Lipinski definition) is 3. The third-order valence-corrected chi connectivity index (χ3v) is 6.32. The van der Waals surface area contributed by atoms with E-state index in [0.29, 0.717) is 0 Å². The monoisotopic (exact) mass is 425 g/mol. The highest BCUT2D eigenvalue weighted by atomic mass is 16.3. The molecule has 0 N–H and O–H groups in total. The summed E-state index contributed by atoms with van der Waals surface area (Å²) >= 11 is 0. The third kappa shape index (κ3) is 2.64. The second kappa shape index (κ2) is 6.78. The Kier molecular flexibility index (Phi) is 3.73.